The van der Waals surface area contributed by atoms with Crippen molar-refractivity contribution in [1.82, 2.24) is 15.0 Å². The molecule has 0 atom stereocenters. The number of oxazole rings is 1. The molecule has 2 aromatic heterocycles. The highest BCUT2D eigenvalue weighted by Gasteiger charge is 2.13. The zero-order valence-corrected chi connectivity index (χ0v) is 11.5. The lowest BCUT2D eigenvalue weighted by Gasteiger charge is -2.04. The molecule has 0 spiro atoms. The summed E-state index contributed by atoms with van der Waals surface area (Å²) in [4.78, 5) is 23.4. The van der Waals surface area contributed by atoms with Crippen LogP contribution in [0.15, 0.2) is 28.9 Å². The Labute approximate surface area is 123 Å². The van der Waals surface area contributed by atoms with Gasteiger partial charge in [-0.25, -0.2) is 19.3 Å². The van der Waals surface area contributed by atoms with Crippen molar-refractivity contribution < 1.29 is 13.6 Å². The number of halogens is 2. The second-order valence-corrected chi connectivity index (χ2v) is 4.60. The van der Waals surface area contributed by atoms with E-state index in [1.165, 1.54) is 18.5 Å². The molecule has 0 aliphatic carbocycles. The summed E-state index contributed by atoms with van der Waals surface area (Å²) in [6.07, 6.45) is 2.48. The Morgan fingerprint density at radius 2 is 2.14 bits per heavy atom. The van der Waals surface area contributed by atoms with Gasteiger partial charge in [-0.2, -0.15) is 0 Å². The molecule has 1 N–H and O–H groups in total. The van der Waals surface area contributed by atoms with Crippen molar-refractivity contribution in [1.29, 1.82) is 0 Å². The number of fused-ring (bicyclic) bond motifs is 1. The van der Waals surface area contributed by atoms with Gasteiger partial charge in [0.25, 0.3) is 5.91 Å². The van der Waals surface area contributed by atoms with Crippen molar-refractivity contribution in [2.75, 3.05) is 5.32 Å². The van der Waals surface area contributed by atoms with Crippen molar-refractivity contribution in [2.24, 2.45) is 0 Å². The molecule has 8 heteroatoms. The molecule has 2 heterocycles. The van der Waals surface area contributed by atoms with E-state index in [1.807, 2.05) is 0 Å². The van der Waals surface area contributed by atoms with Crippen molar-refractivity contribution in [3.05, 3.63) is 47.1 Å². The summed E-state index contributed by atoms with van der Waals surface area (Å²) in [6, 6.07) is 2.64. The van der Waals surface area contributed by atoms with Gasteiger partial charge < -0.3 is 9.73 Å². The number of amides is 1. The van der Waals surface area contributed by atoms with E-state index >= 15 is 0 Å². The summed E-state index contributed by atoms with van der Waals surface area (Å²) in [7, 11) is 0. The van der Waals surface area contributed by atoms with E-state index < -0.39 is 11.7 Å². The molecule has 3 aromatic rings. The molecule has 0 unspecified atom stereocenters. The summed E-state index contributed by atoms with van der Waals surface area (Å²) in [6.45, 7) is 1.61. The van der Waals surface area contributed by atoms with Gasteiger partial charge >= 0.3 is 0 Å². The fraction of sp³-hybridized carbons (Fsp3) is 0.0769. The normalized spacial score (nSPS) is 10.8. The number of nitrogens with one attached hydrogen (secondary N) is 1. The third-order valence-electron chi connectivity index (χ3n) is 2.67. The molecule has 0 fully saturated rings. The van der Waals surface area contributed by atoms with Crippen LogP contribution in [-0.2, 0) is 0 Å². The van der Waals surface area contributed by atoms with Crippen LogP contribution in [0.5, 0.6) is 0 Å². The summed E-state index contributed by atoms with van der Waals surface area (Å²) in [5.74, 6) is -0.771. The van der Waals surface area contributed by atoms with E-state index in [9.17, 15) is 9.18 Å². The van der Waals surface area contributed by atoms with Crippen molar-refractivity contribution >= 4 is 34.3 Å². The van der Waals surface area contributed by atoms with Crippen LogP contribution in [0.4, 0.5) is 10.1 Å². The standard InChI is InChI=1S/C13H8ClFN4O2/c1-6-18-12-8(15)2-7(3-10(12)21-6)19-13(20)9-4-17-11(14)5-16-9/h2-5H,1H3,(H,19,20). The average Bonchev–Trinajstić information content (AvgIpc) is 2.80. The third kappa shape index (κ3) is 2.68. The molecule has 6 nitrogen and oxygen atoms in total. The molecular formula is C13H8ClFN4O2. The second kappa shape index (κ2) is 5.10. The van der Waals surface area contributed by atoms with Crippen molar-refractivity contribution in [2.45, 2.75) is 6.92 Å². The molecule has 21 heavy (non-hydrogen) atoms. The lowest BCUT2D eigenvalue weighted by molar-refractivity contribution is 0.102. The largest absolute Gasteiger partial charge is 0.441 e. The molecule has 1 aromatic carbocycles. The molecule has 0 aliphatic rings. The van der Waals surface area contributed by atoms with Gasteiger partial charge in [-0.3, -0.25) is 4.79 Å². The fourth-order valence-electron chi connectivity index (χ4n) is 1.80. The molecule has 0 radical (unpaired) electrons. The van der Waals surface area contributed by atoms with Crippen molar-refractivity contribution in [3.63, 3.8) is 0 Å². The monoisotopic (exact) mass is 306 g/mol. The Bertz CT molecular complexity index is 832. The number of anilines is 1. The number of nitrogens with zero attached hydrogens (tertiary/aromatic N) is 3. The molecule has 106 valence electrons. The third-order valence-corrected chi connectivity index (χ3v) is 2.86. The highest BCUT2D eigenvalue weighted by Crippen LogP contribution is 2.23. The SMILES string of the molecule is Cc1nc2c(F)cc(NC(=O)c3cnc(Cl)cn3)cc2o1. The zero-order chi connectivity index (χ0) is 15.0. The van der Waals surface area contributed by atoms with E-state index in [2.05, 4.69) is 20.3 Å². The van der Waals surface area contributed by atoms with Gasteiger partial charge in [0.2, 0.25) is 0 Å². The molecule has 0 bridgehead atoms. The quantitative estimate of drug-likeness (QED) is 0.787. The minimum Gasteiger partial charge on any atom is -0.441 e. The van der Waals surface area contributed by atoms with E-state index in [1.54, 1.807) is 6.92 Å². The van der Waals surface area contributed by atoms with E-state index in [-0.39, 0.29) is 27.6 Å². The smallest absolute Gasteiger partial charge is 0.275 e. The molecule has 3 rings (SSSR count). The van der Waals surface area contributed by atoms with Crippen LogP contribution >= 0.6 is 11.6 Å². The molecule has 0 saturated carbocycles. The Morgan fingerprint density at radius 1 is 1.33 bits per heavy atom. The number of rotatable bonds is 2. The zero-order valence-electron chi connectivity index (χ0n) is 10.7. The Balaban J connectivity index is 1.90. The summed E-state index contributed by atoms with van der Waals surface area (Å²) in [5.41, 5.74) is 0.674. The maximum absolute atomic E-state index is 13.8. The van der Waals surface area contributed by atoms with Gasteiger partial charge in [0, 0.05) is 18.7 Å². The first-order valence-corrected chi connectivity index (χ1v) is 6.26. The maximum Gasteiger partial charge on any atom is 0.275 e. The number of aryl methyl sites for hydroxylation is 1. The van der Waals surface area contributed by atoms with E-state index in [0.717, 1.165) is 6.07 Å². The lowest BCUT2D eigenvalue weighted by Crippen LogP contribution is -2.14. The fourth-order valence-corrected chi connectivity index (χ4v) is 1.89. The predicted octanol–water partition coefficient (Wildman–Crippen LogP) is 2.97. The second-order valence-electron chi connectivity index (χ2n) is 4.22. The number of carbonyl (C=O) groups is 1. The van der Waals surface area contributed by atoms with E-state index in [0.29, 0.717) is 5.89 Å². The van der Waals surface area contributed by atoms with E-state index in [4.69, 9.17) is 16.0 Å². The highest BCUT2D eigenvalue weighted by molar-refractivity contribution is 6.29. The summed E-state index contributed by atoms with van der Waals surface area (Å²) < 4.78 is 19.1. The van der Waals surface area contributed by atoms with Crippen LogP contribution < -0.4 is 5.32 Å². The maximum atomic E-state index is 13.8. The predicted molar refractivity (Wildman–Crippen MR) is 73.7 cm³/mol. The van der Waals surface area contributed by atoms with Gasteiger partial charge in [-0.05, 0) is 6.07 Å². The number of benzene rings is 1. The molecule has 0 aliphatic heterocycles. The van der Waals surface area contributed by atoms with Crippen LogP contribution in [0.25, 0.3) is 11.1 Å². The topological polar surface area (TPSA) is 80.9 Å². The summed E-state index contributed by atoms with van der Waals surface area (Å²) >= 11 is 5.59. The average molecular weight is 307 g/mol. The highest BCUT2D eigenvalue weighted by atomic mass is 35.5. The lowest BCUT2D eigenvalue weighted by atomic mass is 10.2. The Morgan fingerprint density at radius 3 is 2.86 bits per heavy atom. The van der Waals surface area contributed by atoms with Gasteiger partial charge in [0.05, 0.1) is 12.4 Å². The Hall–Kier alpha value is -2.54. The van der Waals surface area contributed by atoms with Gasteiger partial charge in [0.1, 0.15) is 16.4 Å². The van der Waals surface area contributed by atoms with Crippen LogP contribution in [0.3, 0.4) is 0 Å². The first-order chi connectivity index (χ1) is 10.0. The van der Waals surface area contributed by atoms with Gasteiger partial charge in [-0.15, -0.1) is 0 Å². The molecular weight excluding hydrogens is 299 g/mol. The van der Waals surface area contributed by atoms with Crippen LogP contribution in [0, 0.1) is 12.7 Å². The first-order valence-electron chi connectivity index (χ1n) is 5.88. The van der Waals surface area contributed by atoms with Crippen molar-refractivity contribution in [3.8, 4) is 0 Å². The number of hydrogen-bond acceptors (Lipinski definition) is 5. The van der Waals surface area contributed by atoms with Crippen LogP contribution in [0.2, 0.25) is 5.15 Å². The molecule has 1 amide bonds. The first kappa shape index (κ1) is 13.4. The minimum atomic E-state index is -0.582. The van der Waals surface area contributed by atoms with Gasteiger partial charge in [0.15, 0.2) is 17.3 Å². The Kier molecular flexibility index (Phi) is 3.26. The van der Waals surface area contributed by atoms with Crippen LogP contribution in [0.1, 0.15) is 16.4 Å². The van der Waals surface area contributed by atoms with Gasteiger partial charge in [-0.1, -0.05) is 11.6 Å². The number of aromatic nitrogens is 3. The number of hydrogen-bond donors (Lipinski definition) is 1. The number of carbonyl (C=O) groups excluding carboxylic acids is 1. The van der Waals surface area contributed by atoms with Crippen LogP contribution in [-0.4, -0.2) is 20.9 Å². The minimum absolute atomic E-state index is 0.0636. The summed E-state index contributed by atoms with van der Waals surface area (Å²) in [5, 5.41) is 2.68. The molecule has 0 saturated heterocycles.